The number of hydrogen-bond acceptors (Lipinski definition) is 4. The van der Waals surface area contributed by atoms with Crippen LogP contribution in [0.1, 0.15) is 33.6 Å². The summed E-state index contributed by atoms with van der Waals surface area (Å²) in [5, 5.41) is 1.89. The molecule has 0 rings (SSSR count). The maximum absolute atomic E-state index is 11.4. The van der Waals surface area contributed by atoms with Gasteiger partial charge < -0.3 is 10.5 Å². The van der Waals surface area contributed by atoms with Crippen LogP contribution in [0.2, 0.25) is 0 Å². The van der Waals surface area contributed by atoms with Crippen molar-refractivity contribution in [3.05, 3.63) is 0 Å². The molecular weight excluding hydrogens is 212 g/mol. The highest BCUT2D eigenvalue weighted by atomic mass is 16.5. The number of esters is 1. The Balaban J connectivity index is 4.43. The molecule has 0 bridgehead atoms. The van der Waals surface area contributed by atoms with Crippen molar-refractivity contribution in [2.24, 2.45) is 11.7 Å². The van der Waals surface area contributed by atoms with Crippen LogP contribution in [0.4, 0.5) is 4.79 Å². The standard InChI is InChI=1S/C10H18N2O4/c1-4-5-7(13)16-8(6(2)3)9(14)12-10(11)15/h6,8H,4-5H2,1-3H3,(H3,11,12,14,15)/t8-/m0/s1. The molecule has 3 N–H and O–H groups in total. The lowest BCUT2D eigenvalue weighted by molar-refractivity contribution is -0.158. The van der Waals surface area contributed by atoms with Crippen molar-refractivity contribution in [2.45, 2.75) is 39.7 Å². The first kappa shape index (κ1) is 14.4. The van der Waals surface area contributed by atoms with Gasteiger partial charge in [-0.3, -0.25) is 14.9 Å². The molecular formula is C10H18N2O4. The largest absolute Gasteiger partial charge is 0.452 e. The van der Waals surface area contributed by atoms with Crippen molar-refractivity contribution in [3.8, 4) is 0 Å². The summed E-state index contributed by atoms with van der Waals surface area (Å²) < 4.78 is 4.96. The molecule has 6 heteroatoms. The fraction of sp³-hybridized carbons (Fsp3) is 0.700. The maximum Gasteiger partial charge on any atom is 0.318 e. The molecule has 0 fully saturated rings. The van der Waals surface area contributed by atoms with Gasteiger partial charge in [0.05, 0.1) is 0 Å². The van der Waals surface area contributed by atoms with Gasteiger partial charge >= 0.3 is 12.0 Å². The number of carbonyl (C=O) groups excluding carboxylic acids is 3. The van der Waals surface area contributed by atoms with Crippen LogP contribution in [0.5, 0.6) is 0 Å². The van der Waals surface area contributed by atoms with Crippen LogP contribution in [0.3, 0.4) is 0 Å². The second-order valence-electron chi connectivity index (χ2n) is 3.76. The monoisotopic (exact) mass is 230 g/mol. The molecule has 1 atom stereocenters. The Morgan fingerprint density at radius 2 is 1.88 bits per heavy atom. The fourth-order valence-corrected chi connectivity index (χ4v) is 1.09. The summed E-state index contributed by atoms with van der Waals surface area (Å²) in [5.74, 6) is -1.37. The molecule has 0 aliphatic heterocycles. The first-order valence-electron chi connectivity index (χ1n) is 5.18. The van der Waals surface area contributed by atoms with Crippen LogP contribution < -0.4 is 11.1 Å². The van der Waals surface area contributed by atoms with E-state index in [2.05, 4.69) is 0 Å². The van der Waals surface area contributed by atoms with E-state index in [1.807, 2.05) is 12.2 Å². The predicted molar refractivity (Wildman–Crippen MR) is 57.4 cm³/mol. The quantitative estimate of drug-likeness (QED) is 0.674. The highest BCUT2D eigenvalue weighted by Crippen LogP contribution is 2.08. The molecule has 3 amide bonds. The van der Waals surface area contributed by atoms with E-state index in [1.165, 1.54) is 0 Å². The first-order chi connectivity index (χ1) is 7.38. The van der Waals surface area contributed by atoms with Crippen LogP contribution in [0.25, 0.3) is 0 Å². The van der Waals surface area contributed by atoms with Gasteiger partial charge in [-0.15, -0.1) is 0 Å². The predicted octanol–water partition coefficient (Wildman–Crippen LogP) is 0.549. The molecule has 0 unspecified atom stereocenters. The SMILES string of the molecule is CCCC(=O)O[C@H](C(=O)NC(N)=O)C(C)C. The average Bonchev–Trinajstić information content (AvgIpc) is 2.12. The van der Waals surface area contributed by atoms with Gasteiger partial charge in [0.25, 0.3) is 5.91 Å². The molecule has 0 aromatic heterocycles. The third-order valence-corrected chi connectivity index (χ3v) is 1.82. The zero-order chi connectivity index (χ0) is 12.7. The minimum Gasteiger partial charge on any atom is -0.452 e. The van der Waals surface area contributed by atoms with E-state index in [0.717, 1.165) is 0 Å². The minimum atomic E-state index is -0.980. The molecule has 0 aliphatic rings. The summed E-state index contributed by atoms with van der Waals surface area (Å²) in [5.41, 5.74) is 4.81. The number of nitrogens with two attached hydrogens (primary N) is 1. The van der Waals surface area contributed by atoms with Gasteiger partial charge in [-0.05, 0) is 12.3 Å². The zero-order valence-corrected chi connectivity index (χ0v) is 9.78. The highest BCUT2D eigenvalue weighted by molar-refractivity contribution is 5.96. The van der Waals surface area contributed by atoms with E-state index in [9.17, 15) is 14.4 Å². The number of nitrogens with one attached hydrogen (secondary N) is 1. The molecule has 0 heterocycles. The number of amides is 3. The van der Waals surface area contributed by atoms with Crippen molar-refractivity contribution >= 4 is 17.9 Å². The van der Waals surface area contributed by atoms with Crippen molar-refractivity contribution in [1.82, 2.24) is 5.32 Å². The summed E-state index contributed by atoms with van der Waals surface area (Å²) in [4.78, 5) is 33.2. The van der Waals surface area contributed by atoms with Gasteiger partial charge in [0.15, 0.2) is 6.10 Å². The van der Waals surface area contributed by atoms with E-state index in [0.29, 0.717) is 6.42 Å². The van der Waals surface area contributed by atoms with E-state index >= 15 is 0 Å². The number of rotatable bonds is 5. The second-order valence-corrected chi connectivity index (χ2v) is 3.76. The van der Waals surface area contributed by atoms with Crippen LogP contribution in [0, 0.1) is 5.92 Å². The Labute approximate surface area is 94.5 Å². The van der Waals surface area contributed by atoms with E-state index in [-0.39, 0.29) is 12.3 Å². The molecule has 16 heavy (non-hydrogen) atoms. The maximum atomic E-state index is 11.4. The number of ether oxygens (including phenoxy) is 1. The molecule has 6 nitrogen and oxygen atoms in total. The van der Waals surface area contributed by atoms with Crippen LogP contribution in [0.15, 0.2) is 0 Å². The van der Waals surface area contributed by atoms with Crippen molar-refractivity contribution in [2.75, 3.05) is 0 Å². The average molecular weight is 230 g/mol. The second kappa shape index (κ2) is 6.81. The van der Waals surface area contributed by atoms with Crippen LogP contribution in [-0.2, 0) is 14.3 Å². The number of urea groups is 1. The number of imide groups is 1. The molecule has 0 aromatic rings. The Morgan fingerprint density at radius 3 is 2.25 bits per heavy atom. The lowest BCUT2D eigenvalue weighted by Crippen LogP contribution is -2.45. The first-order valence-corrected chi connectivity index (χ1v) is 5.18. The molecule has 0 aliphatic carbocycles. The minimum absolute atomic E-state index is 0.222. The summed E-state index contributed by atoms with van der Waals surface area (Å²) in [6.07, 6.45) is -0.0970. The normalized spacial score (nSPS) is 12.0. The van der Waals surface area contributed by atoms with Gasteiger partial charge in [-0.25, -0.2) is 4.79 Å². The molecule has 0 spiro atoms. The Kier molecular flexibility index (Phi) is 6.14. The number of primary amides is 1. The van der Waals surface area contributed by atoms with E-state index in [1.54, 1.807) is 13.8 Å². The molecule has 0 saturated heterocycles. The zero-order valence-electron chi connectivity index (χ0n) is 9.78. The number of hydrogen-bond donors (Lipinski definition) is 2. The third kappa shape index (κ3) is 5.33. The van der Waals surface area contributed by atoms with Crippen molar-refractivity contribution < 1.29 is 19.1 Å². The smallest absolute Gasteiger partial charge is 0.318 e. The third-order valence-electron chi connectivity index (χ3n) is 1.82. The highest BCUT2D eigenvalue weighted by Gasteiger charge is 2.26. The van der Waals surface area contributed by atoms with Gasteiger partial charge in [0.2, 0.25) is 0 Å². The van der Waals surface area contributed by atoms with E-state index in [4.69, 9.17) is 10.5 Å². The Hall–Kier alpha value is -1.59. The van der Waals surface area contributed by atoms with Gasteiger partial charge in [0.1, 0.15) is 0 Å². The summed E-state index contributed by atoms with van der Waals surface area (Å²) in [7, 11) is 0. The topological polar surface area (TPSA) is 98.5 Å². The van der Waals surface area contributed by atoms with Gasteiger partial charge in [-0.2, -0.15) is 0 Å². The number of carbonyl (C=O) groups is 3. The molecule has 0 aromatic carbocycles. The molecule has 0 radical (unpaired) electrons. The fourth-order valence-electron chi connectivity index (χ4n) is 1.09. The Morgan fingerprint density at radius 1 is 1.31 bits per heavy atom. The van der Waals surface area contributed by atoms with E-state index < -0.39 is 24.0 Å². The lowest BCUT2D eigenvalue weighted by atomic mass is 10.1. The van der Waals surface area contributed by atoms with Crippen molar-refractivity contribution in [1.29, 1.82) is 0 Å². The van der Waals surface area contributed by atoms with Gasteiger partial charge in [-0.1, -0.05) is 20.8 Å². The van der Waals surface area contributed by atoms with Gasteiger partial charge in [0, 0.05) is 6.42 Å². The van der Waals surface area contributed by atoms with Crippen LogP contribution in [-0.4, -0.2) is 24.0 Å². The summed E-state index contributed by atoms with van der Waals surface area (Å²) >= 11 is 0. The Bertz CT molecular complexity index is 276. The van der Waals surface area contributed by atoms with Crippen molar-refractivity contribution in [3.63, 3.8) is 0 Å². The summed E-state index contributed by atoms with van der Waals surface area (Å²) in [6.45, 7) is 5.25. The summed E-state index contributed by atoms with van der Waals surface area (Å²) in [6, 6.07) is -0.956. The molecule has 92 valence electrons. The molecule has 0 saturated carbocycles. The lowest BCUT2D eigenvalue weighted by Gasteiger charge is -2.19. The van der Waals surface area contributed by atoms with Crippen LogP contribution >= 0.6 is 0 Å².